The van der Waals surface area contributed by atoms with Crippen molar-refractivity contribution in [3.8, 4) is 0 Å². The number of carbonyl (C=O) groups excluding carboxylic acids is 2. The molecule has 1 aliphatic carbocycles. The van der Waals surface area contributed by atoms with Crippen molar-refractivity contribution >= 4 is 11.8 Å². The summed E-state index contributed by atoms with van der Waals surface area (Å²) in [5, 5.41) is 0. The summed E-state index contributed by atoms with van der Waals surface area (Å²) in [6, 6.07) is 0. The Morgan fingerprint density at radius 1 is 1.36 bits per heavy atom. The molecule has 1 fully saturated rings. The Kier molecular flexibility index (Phi) is 2.98. The topological polar surface area (TPSA) is 43.4 Å². The van der Waals surface area contributed by atoms with Gasteiger partial charge >= 0.3 is 5.97 Å². The molecule has 0 amide bonds. The first-order valence-electron chi connectivity index (χ1n) is 5.04. The maximum Gasteiger partial charge on any atom is 0.313 e. The highest BCUT2D eigenvalue weighted by atomic mass is 16.6. The molecular formula is C11H18O3. The van der Waals surface area contributed by atoms with Gasteiger partial charge in [-0.2, -0.15) is 0 Å². The van der Waals surface area contributed by atoms with Crippen molar-refractivity contribution in [2.75, 3.05) is 0 Å². The van der Waals surface area contributed by atoms with Crippen molar-refractivity contribution in [1.82, 2.24) is 0 Å². The van der Waals surface area contributed by atoms with Crippen LogP contribution < -0.4 is 0 Å². The fourth-order valence-electron chi connectivity index (χ4n) is 1.42. The molecule has 3 nitrogen and oxygen atoms in total. The maximum absolute atomic E-state index is 11.4. The van der Waals surface area contributed by atoms with E-state index in [2.05, 4.69) is 0 Å². The van der Waals surface area contributed by atoms with E-state index < -0.39 is 11.6 Å². The molecule has 0 aromatic carbocycles. The van der Waals surface area contributed by atoms with Crippen LogP contribution in [-0.2, 0) is 14.3 Å². The lowest BCUT2D eigenvalue weighted by molar-refractivity contribution is -0.156. The molecule has 0 saturated heterocycles. The van der Waals surface area contributed by atoms with Crippen LogP contribution in [0.15, 0.2) is 0 Å². The van der Waals surface area contributed by atoms with Crippen LogP contribution in [0, 0.1) is 11.8 Å². The highest BCUT2D eigenvalue weighted by molar-refractivity contribution is 5.98. The van der Waals surface area contributed by atoms with Crippen LogP contribution in [0.4, 0.5) is 0 Å². The monoisotopic (exact) mass is 198 g/mol. The summed E-state index contributed by atoms with van der Waals surface area (Å²) < 4.78 is 5.06. The average Bonchev–Trinajstić information content (AvgIpc) is 2.61. The summed E-state index contributed by atoms with van der Waals surface area (Å²) in [4.78, 5) is 22.7. The first-order valence-corrected chi connectivity index (χ1v) is 5.04. The summed E-state index contributed by atoms with van der Waals surface area (Å²) in [6.45, 7) is 7.43. The van der Waals surface area contributed by atoms with Crippen LogP contribution in [-0.4, -0.2) is 17.4 Å². The molecule has 0 heterocycles. The van der Waals surface area contributed by atoms with Crippen molar-refractivity contribution in [3.63, 3.8) is 0 Å². The first kappa shape index (κ1) is 11.2. The maximum atomic E-state index is 11.4. The Labute approximate surface area is 84.8 Å². The van der Waals surface area contributed by atoms with E-state index in [1.807, 2.05) is 6.92 Å². The molecule has 1 aliphatic rings. The molecule has 1 saturated carbocycles. The van der Waals surface area contributed by atoms with Crippen molar-refractivity contribution < 1.29 is 14.3 Å². The van der Waals surface area contributed by atoms with Gasteiger partial charge in [-0.25, -0.2) is 0 Å². The minimum absolute atomic E-state index is 0.0340. The first-order chi connectivity index (χ1) is 6.29. The third-order valence-electron chi connectivity index (χ3n) is 2.26. The standard InChI is InChI=1S/C11H18O3/c1-7-5-8(7)9(12)6-10(13)14-11(2,3)4/h7-8H,5-6H2,1-4H3. The van der Waals surface area contributed by atoms with E-state index in [9.17, 15) is 9.59 Å². The molecule has 3 heteroatoms. The number of Topliss-reactive ketones (excluding diaryl/α,β-unsaturated/α-hetero) is 1. The Morgan fingerprint density at radius 2 is 1.86 bits per heavy atom. The van der Waals surface area contributed by atoms with E-state index in [-0.39, 0.29) is 18.1 Å². The molecule has 0 spiro atoms. The van der Waals surface area contributed by atoms with Crippen molar-refractivity contribution in [1.29, 1.82) is 0 Å². The van der Waals surface area contributed by atoms with E-state index in [1.54, 1.807) is 20.8 Å². The third-order valence-corrected chi connectivity index (χ3v) is 2.26. The van der Waals surface area contributed by atoms with Crippen LogP contribution in [0.5, 0.6) is 0 Å². The van der Waals surface area contributed by atoms with Gasteiger partial charge in [-0.05, 0) is 33.1 Å². The summed E-state index contributed by atoms with van der Waals surface area (Å²) in [7, 11) is 0. The molecule has 2 atom stereocenters. The zero-order valence-electron chi connectivity index (χ0n) is 9.29. The van der Waals surface area contributed by atoms with E-state index in [0.717, 1.165) is 6.42 Å². The van der Waals surface area contributed by atoms with Crippen LogP contribution in [0.25, 0.3) is 0 Å². The zero-order chi connectivity index (χ0) is 10.9. The fourth-order valence-corrected chi connectivity index (χ4v) is 1.42. The number of ketones is 1. The molecule has 0 aromatic rings. The summed E-state index contributed by atoms with van der Waals surface area (Å²) in [6.07, 6.45) is 0.869. The number of hydrogen-bond acceptors (Lipinski definition) is 3. The van der Waals surface area contributed by atoms with E-state index in [1.165, 1.54) is 0 Å². The second-order valence-corrected chi connectivity index (χ2v) is 5.05. The quantitative estimate of drug-likeness (QED) is 0.514. The second kappa shape index (κ2) is 3.71. The second-order valence-electron chi connectivity index (χ2n) is 5.05. The normalized spacial score (nSPS) is 25.7. The van der Waals surface area contributed by atoms with Gasteiger partial charge in [0.25, 0.3) is 0 Å². The largest absolute Gasteiger partial charge is 0.460 e. The molecule has 0 radical (unpaired) electrons. The van der Waals surface area contributed by atoms with Gasteiger partial charge in [-0.3, -0.25) is 9.59 Å². The minimum Gasteiger partial charge on any atom is -0.460 e. The van der Waals surface area contributed by atoms with Gasteiger partial charge < -0.3 is 4.74 Å². The van der Waals surface area contributed by atoms with E-state index in [4.69, 9.17) is 4.74 Å². The minimum atomic E-state index is -0.494. The third kappa shape index (κ3) is 3.48. The van der Waals surface area contributed by atoms with Gasteiger partial charge in [0.05, 0.1) is 0 Å². The summed E-state index contributed by atoms with van der Waals surface area (Å²) >= 11 is 0. The van der Waals surface area contributed by atoms with Crippen molar-refractivity contribution in [2.45, 2.75) is 46.1 Å². The average molecular weight is 198 g/mol. The predicted octanol–water partition coefficient (Wildman–Crippen LogP) is 1.94. The molecule has 1 rings (SSSR count). The fraction of sp³-hybridized carbons (Fsp3) is 0.818. The smallest absolute Gasteiger partial charge is 0.313 e. The van der Waals surface area contributed by atoms with Crippen LogP contribution in [0.2, 0.25) is 0 Å². The SMILES string of the molecule is CC1CC1C(=O)CC(=O)OC(C)(C)C. The lowest BCUT2D eigenvalue weighted by Crippen LogP contribution is -2.25. The van der Waals surface area contributed by atoms with Crippen LogP contribution >= 0.6 is 0 Å². The Bertz CT molecular complexity index is 250. The number of carbonyl (C=O) groups is 2. The molecule has 0 aromatic heterocycles. The van der Waals surface area contributed by atoms with Crippen LogP contribution in [0.1, 0.15) is 40.5 Å². The highest BCUT2D eigenvalue weighted by Crippen LogP contribution is 2.39. The summed E-state index contributed by atoms with van der Waals surface area (Å²) in [5.41, 5.74) is -0.494. The molecule has 0 bridgehead atoms. The molecular weight excluding hydrogens is 180 g/mol. The Balaban J connectivity index is 2.31. The number of esters is 1. The van der Waals surface area contributed by atoms with E-state index >= 15 is 0 Å². The van der Waals surface area contributed by atoms with Gasteiger partial charge in [0.2, 0.25) is 0 Å². The van der Waals surface area contributed by atoms with Gasteiger partial charge in [-0.15, -0.1) is 0 Å². The lowest BCUT2D eigenvalue weighted by atomic mass is 10.1. The predicted molar refractivity (Wildman–Crippen MR) is 52.7 cm³/mol. The highest BCUT2D eigenvalue weighted by Gasteiger charge is 2.39. The van der Waals surface area contributed by atoms with Gasteiger partial charge in [0, 0.05) is 5.92 Å². The van der Waals surface area contributed by atoms with Gasteiger partial charge in [0.1, 0.15) is 17.8 Å². The van der Waals surface area contributed by atoms with Crippen molar-refractivity contribution in [2.24, 2.45) is 11.8 Å². The Morgan fingerprint density at radius 3 is 2.21 bits per heavy atom. The van der Waals surface area contributed by atoms with Crippen molar-refractivity contribution in [3.05, 3.63) is 0 Å². The zero-order valence-corrected chi connectivity index (χ0v) is 9.29. The lowest BCUT2D eigenvalue weighted by Gasteiger charge is -2.19. The van der Waals surface area contributed by atoms with E-state index in [0.29, 0.717) is 5.92 Å². The number of hydrogen-bond donors (Lipinski definition) is 0. The van der Waals surface area contributed by atoms with Crippen LogP contribution in [0.3, 0.4) is 0 Å². The molecule has 2 unspecified atom stereocenters. The molecule has 0 N–H and O–H groups in total. The summed E-state index contributed by atoms with van der Waals surface area (Å²) in [5.74, 6) is 0.209. The van der Waals surface area contributed by atoms with Gasteiger partial charge in [-0.1, -0.05) is 6.92 Å². The molecule has 0 aliphatic heterocycles. The Hall–Kier alpha value is -0.860. The number of rotatable bonds is 3. The molecule has 80 valence electrons. The van der Waals surface area contributed by atoms with Gasteiger partial charge in [0.15, 0.2) is 0 Å². The molecule has 14 heavy (non-hydrogen) atoms. The number of ether oxygens (including phenoxy) is 1.